The third-order valence-corrected chi connectivity index (χ3v) is 5.55. The van der Waals surface area contributed by atoms with Gasteiger partial charge in [0.05, 0.1) is 12.0 Å². The topological polar surface area (TPSA) is 84.9 Å². The van der Waals surface area contributed by atoms with E-state index in [1.807, 2.05) is 0 Å². The minimum atomic E-state index is -3.80. The zero-order valence-electron chi connectivity index (χ0n) is 15.5. The molecule has 2 rings (SSSR count). The third kappa shape index (κ3) is 5.40. The lowest BCUT2D eigenvalue weighted by Gasteiger charge is -2.18. The molecule has 0 bridgehead atoms. The normalized spacial score (nSPS) is 11.5. The standard InChI is InChI=1S/C18H20F2N2O5S/c1-12(23)21-14-5-7-15(8-6-14)28(24,25)22(2)11-13-4-9-16(27-18(19)20)17(10-13)26-3/h4-10,18H,11H2,1-3H3,(H,21,23). The molecule has 0 radical (unpaired) electrons. The number of anilines is 1. The summed E-state index contributed by atoms with van der Waals surface area (Å²) in [5, 5.41) is 2.56. The van der Waals surface area contributed by atoms with Gasteiger partial charge in [0, 0.05) is 26.2 Å². The number of carbonyl (C=O) groups is 1. The van der Waals surface area contributed by atoms with Crippen molar-refractivity contribution in [1.29, 1.82) is 0 Å². The molecule has 0 heterocycles. The summed E-state index contributed by atoms with van der Waals surface area (Å²) in [6, 6.07) is 9.95. The molecule has 0 aliphatic carbocycles. The van der Waals surface area contributed by atoms with Gasteiger partial charge in [0.2, 0.25) is 15.9 Å². The number of alkyl halides is 2. The maximum Gasteiger partial charge on any atom is 0.387 e. The SMILES string of the molecule is COc1cc(CN(C)S(=O)(=O)c2ccc(NC(C)=O)cc2)ccc1OC(F)F. The Bertz CT molecular complexity index is 933. The van der Waals surface area contributed by atoms with Gasteiger partial charge in [-0.25, -0.2) is 8.42 Å². The van der Waals surface area contributed by atoms with Crippen molar-refractivity contribution in [3.05, 3.63) is 48.0 Å². The molecule has 1 amide bonds. The highest BCUT2D eigenvalue weighted by atomic mass is 32.2. The monoisotopic (exact) mass is 414 g/mol. The number of methoxy groups -OCH3 is 1. The molecule has 10 heteroatoms. The molecule has 1 N–H and O–H groups in total. The van der Waals surface area contributed by atoms with E-state index in [1.165, 1.54) is 63.5 Å². The van der Waals surface area contributed by atoms with Crippen LogP contribution in [-0.4, -0.2) is 39.4 Å². The summed E-state index contributed by atoms with van der Waals surface area (Å²) >= 11 is 0. The first-order chi connectivity index (χ1) is 13.1. The van der Waals surface area contributed by atoms with Gasteiger partial charge < -0.3 is 14.8 Å². The maximum absolute atomic E-state index is 12.7. The molecule has 2 aromatic carbocycles. The van der Waals surface area contributed by atoms with E-state index in [0.717, 1.165) is 4.31 Å². The molecule has 0 unspecified atom stereocenters. The number of carbonyl (C=O) groups excluding carboxylic acids is 1. The molecule has 0 atom stereocenters. The Kier molecular flexibility index (Phi) is 6.92. The third-order valence-electron chi connectivity index (χ3n) is 3.73. The highest BCUT2D eigenvalue weighted by molar-refractivity contribution is 7.89. The molecule has 0 fully saturated rings. The summed E-state index contributed by atoms with van der Waals surface area (Å²) in [5.74, 6) is -0.329. The highest BCUT2D eigenvalue weighted by Crippen LogP contribution is 2.30. The largest absolute Gasteiger partial charge is 0.493 e. The minimum Gasteiger partial charge on any atom is -0.493 e. The molecular formula is C18H20F2N2O5S. The van der Waals surface area contributed by atoms with Gasteiger partial charge in [-0.15, -0.1) is 0 Å². The molecule has 28 heavy (non-hydrogen) atoms. The van der Waals surface area contributed by atoms with Gasteiger partial charge in [0.25, 0.3) is 0 Å². The molecule has 0 aliphatic rings. The number of halogens is 2. The van der Waals surface area contributed by atoms with Gasteiger partial charge in [-0.05, 0) is 42.0 Å². The van der Waals surface area contributed by atoms with Crippen LogP contribution < -0.4 is 14.8 Å². The van der Waals surface area contributed by atoms with Crippen molar-refractivity contribution in [1.82, 2.24) is 4.31 Å². The summed E-state index contributed by atoms with van der Waals surface area (Å²) in [7, 11) is -1.11. The van der Waals surface area contributed by atoms with Crippen molar-refractivity contribution >= 4 is 21.6 Å². The first-order valence-corrected chi connectivity index (χ1v) is 9.53. The van der Waals surface area contributed by atoms with Gasteiger partial charge >= 0.3 is 6.61 Å². The van der Waals surface area contributed by atoms with E-state index >= 15 is 0 Å². The summed E-state index contributed by atoms with van der Waals surface area (Å²) in [4.78, 5) is 11.1. The Morgan fingerprint density at radius 3 is 2.32 bits per heavy atom. The molecule has 0 aliphatic heterocycles. The van der Waals surface area contributed by atoms with Gasteiger partial charge in [-0.3, -0.25) is 4.79 Å². The van der Waals surface area contributed by atoms with Crippen molar-refractivity contribution in [3.63, 3.8) is 0 Å². The lowest BCUT2D eigenvalue weighted by Crippen LogP contribution is -2.26. The van der Waals surface area contributed by atoms with E-state index in [2.05, 4.69) is 10.1 Å². The van der Waals surface area contributed by atoms with Crippen LogP contribution in [-0.2, 0) is 21.4 Å². The van der Waals surface area contributed by atoms with Crippen LogP contribution in [0.15, 0.2) is 47.4 Å². The Labute approximate surface area is 161 Å². The number of hydrogen-bond donors (Lipinski definition) is 1. The number of hydrogen-bond acceptors (Lipinski definition) is 5. The van der Waals surface area contributed by atoms with Gasteiger partial charge in [-0.1, -0.05) is 6.07 Å². The lowest BCUT2D eigenvalue weighted by atomic mass is 10.2. The maximum atomic E-state index is 12.7. The minimum absolute atomic E-state index is 0.0128. The van der Waals surface area contributed by atoms with Crippen LogP contribution in [0.5, 0.6) is 11.5 Å². The molecule has 0 saturated heterocycles. The second-order valence-corrected chi connectivity index (χ2v) is 7.88. The Morgan fingerprint density at radius 2 is 1.79 bits per heavy atom. The molecule has 0 aromatic heterocycles. The van der Waals surface area contributed by atoms with Crippen LogP contribution >= 0.6 is 0 Å². The van der Waals surface area contributed by atoms with Crippen LogP contribution in [0.3, 0.4) is 0 Å². The highest BCUT2D eigenvalue weighted by Gasteiger charge is 2.21. The predicted molar refractivity (Wildman–Crippen MR) is 99.0 cm³/mol. The quantitative estimate of drug-likeness (QED) is 0.718. The fourth-order valence-electron chi connectivity index (χ4n) is 2.44. The van der Waals surface area contributed by atoms with Crippen LogP contribution in [0.1, 0.15) is 12.5 Å². The van der Waals surface area contributed by atoms with Crippen molar-refractivity contribution in [2.24, 2.45) is 0 Å². The molecular weight excluding hydrogens is 394 g/mol. The van der Waals surface area contributed by atoms with Crippen LogP contribution in [0.2, 0.25) is 0 Å². The van der Waals surface area contributed by atoms with Gasteiger partial charge in [0.1, 0.15) is 0 Å². The van der Waals surface area contributed by atoms with E-state index in [1.54, 1.807) is 0 Å². The number of rotatable bonds is 8. The van der Waals surface area contributed by atoms with Crippen molar-refractivity contribution in [2.75, 3.05) is 19.5 Å². The summed E-state index contributed by atoms with van der Waals surface area (Å²) < 4.78 is 60.7. The number of benzene rings is 2. The smallest absolute Gasteiger partial charge is 0.387 e. The van der Waals surface area contributed by atoms with Crippen molar-refractivity contribution < 1.29 is 31.5 Å². The van der Waals surface area contributed by atoms with Crippen LogP contribution in [0.4, 0.5) is 14.5 Å². The summed E-state index contributed by atoms with van der Waals surface area (Å²) in [5.41, 5.74) is 1.01. The van der Waals surface area contributed by atoms with Crippen molar-refractivity contribution in [2.45, 2.75) is 25.0 Å². The molecule has 7 nitrogen and oxygen atoms in total. The number of ether oxygens (including phenoxy) is 2. The van der Waals surface area contributed by atoms with E-state index in [9.17, 15) is 22.0 Å². The number of nitrogens with one attached hydrogen (secondary N) is 1. The average Bonchev–Trinajstić information content (AvgIpc) is 2.62. The van der Waals surface area contributed by atoms with Crippen molar-refractivity contribution in [3.8, 4) is 11.5 Å². The Hall–Kier alpha value is -2.72. The lowest BCUT2D eigenvalue weighted by molar-refractivity contribution is -0.114. The van der Waals surface area contributed by atoms with Crippen LogP contribution in [0.25, 0.3) is 0 Å². The number of nitrogens with zero attached hydrogens (tertiary/aromatic N) is 1. The van der Waals surface area contributed by atoms with E-state index < -0.39 is 16.6 Å². The molecule has 0 spiro atoms. The van der Waals surface area contributed by atoms with Gasteiger partial charge in [-0.2, -0.15) is 13.1 Å². The first-order valence-electron chi connectivity index (χ1n) is 8.09. The Balaban J connectivity index is 2.18. The molecule has 152 valence electrons. The fraction of sp³-hybridized carbons (Fsp3) is 0.278. The molecule has 2 aromatic rings. The summed E-state index contributed by atoms with van der Waals surface area (Å²) in [6.45, 7) is -1.66. The first kappa shape index (κ1) is 21.6. The second kappa shape index (κ2) is 8.98. The van der Waals surface area contributed by atoms with Crippen LogP contribution in [0, 0.1) is 0 Å². The Morgan fingerprint density at radius 1 is 1.14 bits per heavy atom. The van der Waals surface area contributed by atoms with E-state index in [-0.39, 0.29) is 28.8 Å². The fourth-order valence-corrected chi connectivity index (χ4v) is 3.60. The van der Waals surface area contributed by atoms with E-state index in [4.69, 9.17) is 4.74 Å². The molecule has 0 saturated carbocycles. The van der Waals surface area contributed by atoms with E-state index in [0.29, 0.717) is 11.3 Å². The second-order valence-electron chi connectivity index (χ2n) is 5.83. The zero-order valence-corrected chi connectivity index (χ0v) is 16.3. The predicted octanol–water partition coefficient (Wildman–Crippen LogP) is 3.08. The summed E-state index contributed by atoms with van der Waals surface area (Å²) in [6.07, 6.45) is 0. The number of amides is 1. The zero-order chi connectivity index (χ0) is 20.9. The number of sulfonamides is 1. The average molecular weight is 414 g/mol. The van der Waals surface area contributed by atoms with Gasteiger partial charge in [0.15, 0.2) is 11.5 Å².